The molecular formula is C19H15ClFN3O4. The van der Waals surface area contributed by atoms with Crippen LogP contribution in [-0.2, 0) is 14.3 Å². The van der Waals surface area contributed by atoms with Gasteiger partial charge in [-0.3, -0.25) is 14.5 Å². The Morgan fingerprint density at radius 2 is 2.25 bits per heavy atom. The molecule has 144 valence electrons. The zero-order valence-corrected chi connectivity index (χ0v) is 15.4. The molecule has 3 aliphatic rings. The molecule has 0 saturated carbocycles. The second-order valence-electron chi connectivity index (χ2n) is 7.24. The minimum absolute atomic E-state index is 0.0946. The topological polar surface area (TPSA) is 84.7 Å². The fourth-order valence-corrected chi connectivity index (χ4v) is 4.45. The summed E-state index contributed by atoms with van der Waals surface area (Å²) in [6, 6.07) is 5.59. The predicted molar refractivity (Wildman–Crippen MR) is 97.4 cm³/mol. The number of hydrogen-bond acceptors (Lipinski definition) is 5. The van der Waals surface area contributed by atoms with Gasteiger partial charge in [-0.15, -0.1) is 0 Å². The Kier molecular flexibility index (Phi) is 3.66. The molecule has 2 bridgehead atoms. The number of ether oxygens (including phenoxy) is 1. The van der Waals surface area contributed by atoms with Crippen LogP contribution in [0.2, 0.25) is 5.02 Å². The molecule has 28 heavy (non-hydrogen) atoms. The van der Waals surface area contributed by atoms with Crippen molar-refractivity contribution in [3.63, 3.8) is 0 Å². The normalized spacial score (nSPS) is 30.2. The molecule has 4 heterocycles. The van der Waals surface area contributed by atoms with E-state index in [1.54, 1.807) is 13.0 Å². The van der Waals surface area contributed by atoms with Gasteiger partial charge in [-0.1, -0.05) is 28.9 Å². The van der Waals surface area contributed by atoms with Crippen LogP contribution in [0.1, 0.15) is 5.76 Å². The van der Waals surface area contributed by atoms with Crippen LogP contribution in [0.15, 0.2) is 40.9 Å². The minimum atomic E-state index is -0.864. The van der Waals surface area contributed by atoms with Crippen molar-refractivity contribution in [2.45, 2.75) is 18.6 Å². The number of aromatic nitrogens is 1. The smallest absolute Gasteiger partial charge is 0.235 e. The standard InChI is InChI=1S/C19H15ClFN3O4/c1-9-6-14(23-28-9)24-8-19-5-4-13(27-19)15(16(19)18(24)26)17(25)22-10-2-3-12(21)11(20)7-10/h2-7,13,15-16H,8H2,1H3,(H,22,25)/t13-,15+,16+,19+/m1/s1. The fourth-order valence-electron chi connectivity index (χ4n) is 4.27. The molecular weight excluding hydrogens is 389 g/mol. The lowest BCUT2D eigenvalue weighted by Gasteiger charge is -2.23. The first-order chi connectivity index (χ1) is 13.4. The van der Waals surface area contributed by atoms with Crippen LogP contribution in [-0.4, -0.2) is 35.2 Å². The first-order valence-electron chi connectivity index (χ1n) is 8.76. The number of aryl methyl sites for hydroxylation is 1. The highest BCUT2D eigenvalue weighted by Gasteiger charge is 2.67. The molecule has 0 unspecified atom stereocenters. The van der Waals surface area contributed by atoms with Crippen LogP contribution in [0.3, 0.4) is 0 Å². The molecule has 2 amide bonds. The molecule has 1 spiro atoms. The number of anilines is 2. The molecule has 7 nitrogen and oxygen atoms in total. The molecule has 0 aliphatic carbocycles. The SMILES string of the molecule is Cc1cc(N2C[C@]34C=C[C@@H](O3)[C@H](C(=O)Nc3ccc(F)c(Cl)c3)[C@H]4C2=O)no1. The van der Waals surface area contributed by atoms with Gasteiger partial charge in [0, 0.05) is 11.8 Å². The Morgan fingerprint density at radius 3 is 2.96 bits per heavy atom. The third-order valence-corrected chi connectivity index (χ3v) is 5.77. The lowest BCUT2D eigenvalue weighted by atomic mass is 9.77. The monoisotopic (exact) mass is 403 g/mol. The molecule has 3 aliphatic heterocycles. The van der Waals surface area contributed by atoms with E-state index < -0.39 is 29.4 Å². The zero-order chi connectivity index (χ0) is 19.6. The summed E-state index contributed by atoms with van der Waals surface area (Å²) in [5.41, 5.74) is -0.511. The molecule has 5 rings (SSSR count). The van der Waals surface area contributed by atoms with Crippen molar-refractivity contribution >= 4 is 34.9 Å². The molecule has 2 saturated heterocycles. The van der Waals surface area contributed by atoms with E-state index in [4.69, 9.17) is 20.9 Å². The van der Waals surface area contributed by atoms with E-state index >= 15 is 0 Å². The highest BCUT2D eigenvalue weighted by Crippen LogP contribution is 2.52. The van der Waals surface area contributed by atoms with Gasteiger partial charge in [-0.2, -0.15) is 0 Å². The first kappa shape index (κ1) is 17.4. The van der Waals surface area contributed by atoms with E-state index in [0.717, 1.165) is 0 Å². The number of nitrogens with zero attached hydrogens (tertiary/aromatic N) is 2. The summed E-state index contributed by atoms with van der Waals surface area (Å²) < 4.78 is 24.5. The summed E-state index contributed by atoms with van der Waals surface area (Å²) in [5, 5.41) is 6.53. The maximum atomic E-state index is 13.4. The van der Waals surface area contributed by atoms with Gasteiger partial charge in [-0.05, 0) is 25.1 Å². The molecule has 2 fully saturated rings. The van der Waals surface area contributed by atoms with Crippen molar-refractivity contribution in [1.82, 2.24) is 5.16 Å². The van der Waals surface area contributed by atoms with Crippen LogP contribution >= 0.6 is 11.6 Å². The number of carbonyl (C=O) groups excluding carboxylic acids is 2. The molecule has 1 N–H and O–H groups in total. The van der Waals surface area contributed by atoms with E-state index in [9.17, 15) is 14.0 Å². The first-order valence-corrected chi connectivity index (χ1v) is 9.13. The Morgan fingerprint density at radius 1 is 1.43 bits per heavy atom. The van der Waals surface area contributed by atoms with Crippen LogP contribution in [0.5, 0.6) is 0 Å². The van der Waals surface area contributed by atoms with E-state index in [2.05, 4.69) is 10.5 Å². The number of benzene rings is 1. The van der Waals surface area contributed by atoms with Gasteiger partial charge in [0.1, 0.15) is 17.2 Å². The molecule has 1 aromatic carbocycles. The van der Waals surface area contributed by atoms with Crippen LogP contribution in [0.4, 0.5) is 15.9 Å². The van der Waals surface area contributed by atoms with Gasteiger partial charge in [0.2, 0.25) is 11.8 Å². The minimum Gasteiger partial charge on any atom is -0.360 e. The Hall–Kier alpha value is -2.71. The summed E-state index contributed by atoms with van der Waals surface area (Å²) in [6.07, 6.45) is 3.17. The molecule has 9 heteroatoms. The number of halogens is 2. The Bertz CT molecular complexity index is 1040. The van der Waals surface area contributed by atoms with Crippen LogP contribution in [0.25, 0.3) is 0 Å². The van der Waals surface area contributed by atoms with Crippen molar-refractivity contribution < 1.29 is 23.2 Å². The maximum Gasteiger partial charge on any atom is 0.235 e. The van der Waals surface area contributed by atoms with Crippen molar-refractivity contribution in [3.8, 4) is 0 Å². The van der Waals surface area contributed by atoms with Gasteiger partial charge in [0.25, 0.3) is 0 Å². The quantitative estimate of drug-likeness (QED) is 0.796. The Labute approximate surface area is 164 Å². The third-order valence-electron chi connectivity index (χ3n) is 5.48. The van der Waals surface area contributed by atoms with Crippen molar-refractivity contribution in [2.75, 3.05) is 16.8 Å². The van der Waals surface area contributed by atoms with E-state index in [1.807, 2.05) is 12.2 Å². The average molecular weight is 404 g/mol. The number of rotatable bonds is 3. The van der Waals surface area contributed by atoms with Gasteiger partial charge in [-0.25, -0.2) is 4.39 Å². The highest BCUT2D eigenvalue weighted by atomic mass is 35.5. The van der Waals surface area contributed by atoms with Gasteiger partial charge < -0.3 is 14.6 Å². The van der Waals surface area contributed by atoms with Crippen LogP contribution in [0, 0.1) is 24.6 Å². The Balaban J connectivity index is 1.43. The van der Waals surface area contributed by atoms with Gasteiger partial charge in [0.05, 0.1) is 29.5 Å². The van der Waals surface area contributed by atoms with Gasteiger partial charge >= 0.3 is 0 Å². The summed E-state index contributed by atoms with van der Waals surface area (Å²) in [7, 11) is 0. The number of hydrogen-bond donors (Lipinski definition) is 1. The molecule has 1 aromatic heterocycles. The van der Waals surface area contributed by atoms with Crippen molar-refractivity contribution in [2.24, 2.45) is 11.8 Å². The predicted octanol–water partition coefficient (Wildman–Crippen LogP) is 2.70. The number of carbonyl (C=O) groups is 2. The van der Waals surface area contributed by atoms with Crippen LogP contribution < -0.4 is 10.2 Å². The lowest BCUT2D eigenvalue weighted by molar-refractivity contribution is -0.128. The van der Waals surface area contributed by atoms with E-state index in [0.29, 0.717) is 17.3 Å². The number of nitrogens with one attached hydrogen (secondary N) is 1. The second kappa shape index (κ2) is 5.89. The van der Waals surface area contributed by atoms with Gasteiger partial charge in [0.15, 0.2) is 5.82 Å². The second-order valence-corrected chi connectivity index (χ2v) is 7.65. The number of fused-ring (bicyclic) bond motifs is 1. The van der Waals surface area contributed by atoms with Crippen molar-refractivity contribution in [3.05, 3.63) is 53.0 Å². The number of amides is 2. The molecule has 4 atom stereocenters. The van der Waals surface area contributed by atoms with E-state index in [-0.39, 0.29) is 23.4 Å². The highest BCUT2D eigenvalue weighted by molar-refractivity contribution is 6.31. The third kappa shape index (κ3) is 2.41. The van der Waals surface area contributed by atoms with E-state index in [1.165, 1.54) is 23.1 Å². The summed E-state index contributed by atoms with van der Waals surface area (Å²) in [6.45, 7) is 2.00. The zero-order valence-electron chi connectivity index (χ0n) is 14.7. The molecule has 0 radical (unpaired) electrons. The van der Waals surface area contributed by atoms with Crippen molar-refractivity contribution in [1.29, 1.82) is 0 Å². The summed E-state index contributed by atoms with van der Waals surface area (Å²) in [5.74, 6) is -1.59. The average Bonchev–Trinajstić information content (AvgIpc) is 3.39. The largest absolute Gasteiger partial charge is 0.360 e. The lowest BCUT2D eigenvalue weighted by Crippen LogP contribution is -2.41. The summed E-state index contributed by atoms with van der Waals surface area (Å²) in [4.78, 5) is 27.6. The molecule has 2 aromatic rings. The maximum absolute atomic E-state index is 13.4. The fraction of sp³-hybridized carbons (Fsp3) is 0.316. The summed E-state index contributed by atoms with van der Waals surface area (Å²) >= 11 is 5.78.